The number of benzene rings is 2. The molecule has 9 nitrogen and oxygen atoms in total. The fraction of sp³-hybridized carbons (Fsp3) is 0.350. The summed E-state index contributed by atoms with van der Waals surface area (Å²) in [7, 11) is -5.55. The zero-order valence-electron chi connectivity index (χ0n) is 17.5. The van der Waals surface area contributed by atoms with Crippen LogP contribution in [0, 0.1) is 0 Å². The highest BCUT2D eigenvalue weighted by Crippen LogP contribution is 2.32. The van der Waals surface area contributed by atoms with E-state index in [0.29, 0.717) is 13.1 Å². The number of halogens is 1. The third-order valence-corrected chi connectivity index (χ3v) is 8.63. The topological polar surface area (TPSA) is 119 Å². The van der Waals surface area contributed by atoms with Crippen molar-refractivity contribution in [1.29, 1.82) is 0 Å². The van der Waals surface area contributed by atoms with Crippen molar-refractivity contribution >= 4 is 43.3 Å². The quantitative estimate of drug-likeness (QED) is 0.577. The Labute approximate surface area is 192 Å². The van der Waals surface area contributed by atoms with Gasteiger partial charge in [-0.15, -0.1) is 0 Å². The van der Waals surface area contributed by atoms with Gasteiger partial charge in [0.1, 0.15) is 10.6 Å². The molecule has 174 valence electrons. The first kappa shape index (κ1) is 24.3. The second kappa shape index (κ2) is 9.65. The lowest BCUT2D eigenvalue weighted by Crippen LogP contribution is -2.35. The van der Waals surface area contributed by atoms with Crippen molar-refractivity contribution in [3.63, 3.8) is 0 Å². The van der Waals surface area contributed by atoms with Gasteiger partial charge in [-0.2, -0.15) is 4.31 Å². The minimum Gasteiger partial charge on any atom is -0.495 e. The van der Waals surface area contributed by atoms with Crippen LogP contribution < -0.4 is 9.46 Å². The predicted octanol–water partition coefficient (Wildman–Crippen LogP) is 3.11. The van der Waals surface area contributed by atoms with Crippen LogP contribution >= 0.6 is 11.6 Å². The molecule has 0 amide bonds. The average molecular weight is 503 g/mol. The molecule has 0 bridgehead atoms. The number of hydrogen-bond donors (Lipinski definition) is 1. The zero-order valence-corrected chi connectivity index (χ0v) is 19.9. The van der Waals surface area contributed by atoms with Crippen LogP contribution in [-0.4, -0.2) is 54.4 Å². The molecule has 1 heterocycles. The molecular weight excluding hydrogens is 480 g/mol. The maximum absolute atomic E-state index is 13.1. The lowest BCUT2D eigenvalue weighted by molar-refractivity contribution is 0.0600. The first-order valence-electron chi connectivity index (χ1n) is 9.69. The second-order valence-electron chi connectivity index (χ2n) is 7.07. The maximum Gasteiger partial charge on any atom is 0.339 e. The van der Waals surface area contributed by atoms with Gasteiger partial charge in [0.25, 0.3) is 10.0 Å². The molecule has 1 aliphatic rings. The molecule has 0 aromatic heterocycles. The van der Waals surface area contributed by atoms with Crippen LogP contribution in [0.4, 0.5) is 5.69 Å². The lowest BCUT2D eigenvalue weighted by atomic mass is 10.2. The summed E-state index contributed by atoms with van der Waals surface area (Å²) in [6.07, 6.45) is 2.47. The molecule has 0 atom stereocenters. The van der Waals surface area contributed by atoms with E-state index < -0.39 is 26.0 Å². The highest BCUT2D eigenvalue weighted by molar-refractivity contribution is 7.92. The van der Waals surface area contributed by atoms with Gasteiger partial charge >= 0.3 is 5.97 Å². The van der Waals surface area contributed by atoms with Crippen LogP contribution in [0.1, 0.15) is 29.6 Å². The van der Waals surface area contributed by atoms with E-state index in [0.717, 1.165) is 32.4 Å². The summed E-state index contributed by atoms with van der Waals surface area (Å²) in [5.41, 5.74) is -0.0870. The summed E-state index contributed by atoms with van der Waals surface area (Å²) < 4.78 is 65.6. The molecule has 12 heteroatoms. The van der Waals surface area contributed by atoms with E-state index in [1.165, 1.54) is 41.7 Å². The van der Waals surface area contributed by atoms with Crippen molar-refractivity contribution in [1.82, 2.24) is 4.31 Å². The number of ether oxygens (including phenoxy) is 2. The molecule has 1 aliphatic heterocycles. The second-order valence-corrected chi connectivity index (χ2v) is 11.1. The molecule has 2 aromatic carbocycles. The summed E-state index contributed by atoms with van der Waals surface area (Å²) in [5.74, 6) is -0.676. The van der Waals surface area contributed by atoms with Gasteiger partial charge < -0.3 is 9.47 Å². The highest BCUT2D eigenvalue weighted by Gasteiger charge is 2.30. The molecule has 3 rings (SSSR count). The van der Waals surface area contributed by atoms with E-state index in [2.05, 4.69) is 9.46 Å². The van der Waals surface area contributed by atoms with Gasteiger partial charge in [0.05, 0.1) is 35.4 Å². The molecule has 1 N–H and O–H groups in total. The van der Waals surface area contributed by atoms with Crippen LogP contribution in [0.2, 0.25) is 5.02 Å². The Morgan fingerprint density at radius 3 is 2.31 bits per heavy atom. The van der Waals surface area contributed by atoms with Crippen LogP contribution in [0.3, 0.4) is 0 Å². The van der Waals surface area contributed by atoms with Crippen LogP contribution in [0.5, 0.6) is 5.75 Å². The number of methoxy groups -OCH3 is 2. The Morgan fingerprint density at radius 1 is 1.00 bits per heavy atom. The first-order chi connectivity index (χ1) is 15.1. The Bertz CT molecular complexity index is 1220. The van der Waals surface area contributed by atoms with Gasteiger partial charge in [-0.1, -0.05) is 18.0 Å². The minimum absolute atomic E-state index is 0.0240. The number of sulfonamides is 2. The molecule has 32 heavy (non-hydrogen) atoms. The maximum atomic E-state index is 13.1. The van der Waals surface area contributed by atoms with Crippen LogP contribution in [0.25, 0.3) is 0 Å². The van der Waals surface area contributed by atoms with Gasteiger partial charge in [0, 0.05) is 13.1 Å². The smallest absolute Gasteiger partial charge is 0.339 e. The molecule has 1 fully saturated rings. The Kier molecular flexibility index (Phi) is 7.33. The molecule has 0 unspecified atom stereocenters. The number of esters is 1. The fourth-order valence-corrected chi connectivity index (χ4v) is 6.31. The van der Waals surface area contributed by atoms with E-state index in [4.69, 9.17) is 16.3 Å². The molecule has 1 saturated heterocycles. The predicted molar refractivity (Wildman–Crippen MR) is 119 cm³/mol. The standard InChI is InChI=1S/C20H23ClN2O7S2/c1-29-18-9-6-14(12-19(18)32(27,28)23-10-4-3-5-11-23)22-31(25,26)15-7-8-17(21)16(13-15)20(24)30-2/h6-9,12-13,22H,3-5,10-11H2,1-2H3. The van der Waals surface area contributed by atoms with Gasteiger partial charge in [-0.25, -0.2) is 21.6 Å². The van der Waals surface area contributed by atoms with Crippen molar-refractivity contribution in [2.75, 3.05) is 32.0 Å². The number of rotatable bonds is 7. The van der Waals surface area contributed by atoms with E-state index in [1.54, 1.807) is 0 Å². The first-order valence-corrected chi connectivity index (χ1v) is 13.0. The SMILES string of the molecule is COC(=O)c1cc(S(=O)(=O)Nc2ccc(OC)c(S(=O)(=O)N3CCCCC3)c2)ccc1Cl. The van der Waals surface area contributed by atoms with Gasteiger partial charge in [0.2, 0.25) is 10.0 Å². The number of hydrogen-bond acceptors (Lipinski definition) is 7. The number of piperidine rings is 1. The van der Waals surface area contributed by atoms with Crippen LogP contribution in [-0.2, 0) is 24.8 Å². The molecular formula is C20H23ClN2O7S2. The summed E-state index contributed by atoms with van der Waals surface area (Å²) >= 11 is 5.96. The van der Waals surface area contributed by atoms with E-state index in [9.17, 15) is 21.6 Å². The molecule has 0 saturated carbocycles. The average Bonchev–Trinajstić information content (AvgIpc) is 2.79. The Balaban J connectivity index is 1.97. The van der Waals surface area contributed by atoms with Gasteiger partial charge in [-0.05, 0) is 49.2 Å². The van der Waals surface area contributed by atoms with E-state index >= 15 is 0 Å². The van der Waals surface area contributed by atoms with Crippen molar-refractivity contribution in [2.24, 2.45) is 0 Å². The normalized spacial score (nSPS) is 15.2. The molecule has 0 spiro atoms. The Hall–Kier alpha value is -2.34. The van der Waals surface area contributed by atoms with Crippen molar-refractivity contribution in [2.45, 2.75) is 29.1 Å². The third-order valence-electron chi connectivity index (χ3n) is 5.00. The number of carbonyl (C=O) groups excluding carboxylic acids is 1. The van der Waals surface area contributed by atoms with Crippen molar-refractivity contribution in [3.05, 3.63) is 47.0 Å². The number of carbonyl (C=O) groups is 1. The number of nitrogens with one attached hydrogen (secondary N) is 1. The number of anilines is 1. The monoisotopic (exact) mass is 502 g/mol. The van der Waals surface area contributed by atoms with Gasteiger partial charge in [-0.3, -0.25) is 4.72 Å². The lowest BCUT2D eigenvalue weighted by Gasteiger charge is -2.26. The van der Waals surface area contributed by atoms with E-state index in [-0.39, 0.29) is 31.8 Å². The molecule has 0 radical (unpaired) electrons. The zero-order chi connectivity index (χ0) is 23.5. The summed E-state index contributed by atoms with van der Waals surface area (Å²) in [5, 5.41) is 0.0372. The number of nitrogens with zero attached hydrogens (tertiary/aromatic N) is 1. The molecule has 2 aromatic rings. The highest BCUT2D eigenvalue weighted by atomic mass is 35.5. The van der Waals surface area contributed by atoms with Crippen molar-refractivity contribution < 1.29 is 31.1 Å². The van der Waals surface area contributed by atoms with Gasteiger partial charge in [0.15, 0.2) is 0 Å². The summed E-state index contributed by atoms with van der Waals surface area (Å²) in [6.45, 7) is 0.783. The van der Waals surface area contributed by atoms with Crippen LogP contribution in [0.15, 0.2) is 46.2 Å². The minimum atomic E-state index is -4.17. The summed E-state index contributed by atoms with van der Waals surface area (Å²) in [6, 6.07) is 7.58. The van der Waals surface area contributed by atoms with E-state index in [1.807, 2.05) is 0 Å². The molecule has 0 aliphatic carbocycles. The third kappa shape index (κ3) is 5.01. The summed E-state index contributed by atoms with van der Waals surface area (Å²) in [4.78, 5) is 11.5. The Morgan fingerprint density at radius 2 is 1.69 bits per heavy atom. The fourth-order valence-electron chi connectivity index (χ4n) is 3.34. The van der Waals surface area contributed by atoms with Crippen molar-refractivity contribution in [3.8, 4) is 5.75 Å². The largest absolute Gasteiger partial charge is 0.495 e.